The van der Waals surface area contributed by atoms with Gasteiger partial charge in [0.2, 0.25) is 0 Å². The molecule has 0 radical (unpaired) electrons. The summed E-state index contributed by atoms with van der Waals surface area (Å²) in [5.74, 6) is 0. The standard InChI is InChI=1S/C10H22.C7H10N2/c1-3-5-7-9-10-8-6-4-2;1-6-5-7(8-2)3-4-9-6/h3-10H2,1-2H3;3-5H,1-2H3,(H,8,9). The molecular formula is C17H32N2. The molecular weight excluding hydrogens is 232 g/mol. The second-order valence-electron chi connectivity index (χ2n) is 5.06. The minimum Gasteiger partial charge on any atom is -0.388 e. The fraction of sp³-hybridized carbons (Fsp3) is 0.706. The number of anilines is 1. The first-order valence-electron chi connectivity index (χ1n) is 7.85. The summed E-state index contributed by atoms with van der Waals surface area (Å²) < 4.78 is 0. The molecule has 110 valence electrons. The molecule has 0 aliphatic rings. The lowest BCUT2D eigenvalue weighted by molar-refractivity contribution is 0.585. The summed E-state index contributed by atoms with van der Waals surface area (Å²) in [5, 5.41) is 3.03. The van der Waals surface area contributed by atoms with E-state index >= 15 is 0 Å². The van der Waals surface area contributed by atoms with Crippen molar-refractivity contribution in [2.24, 2.45) is 0 Å². The smallest absolute Gasteiger partial charge is 0.0393 e. The molecule has 0 saturated carbocycles. The van der Waals surface area contributed by atoms with Crippen molar-refractivity contribution in [3.8, 4) is 0 Å². The number of nitrogens with zero attached hydrogens (tertiary/aromatic N) is 1. The van der Waals surface area contributed by atoms with Gasteiger partial charge < -0.3 is 5.32 Å². The van der Waals surface area contributed by atoms with Crippen LogP contribution in [-0.2, 0) is 0 Å². The Hall–Kier alpha value is -1.05. The Morgan fingerprint density at radius 1 is 0.947 bits per heavy atom. The first-order chi connectivity index (χ1) is 9.24. The molecule has 19 heavy (non-hydrogen) atoms. The third-order valence-electron chi connectivity index (χ3n) is 3.14. The van der Waals surface area contributed by atoms with Crippen molar-refractivity contribution >= 4 is 5.69 Å². The van der Waals surface area contributed by atoms with Crippen LogP contribution in [0.5, 0.6) is 0 Å². The van der Waals surface area contributed by atoms with Crippen LogP contribution >= 0.6 is 0 Å². The lowest BCUT2D eigenvalue weighted by Crippen LogP contribution is -1.88. The fourth-order valence-corrected chi connectivity index (χ4v) is 1.91. The third kappa shape index (κ3) is 11.8. The van der Waals surface area contributed by atoms with E-state index in [0.29, 0.717) is 0 Å². The van der Waals surface area contributed by atoms with Crippen LogP contribution in [0.15, 0.2) is 18.3 Å². The van der Waals surface area contributed by atoms with Crippen LogP contribution in [0.3, 0.4) is 0 Å². The van der Waals surface area contributed by atoms with Crippen LogP contribution in [0, 0.1) is 6.92 Å². The molecule has 0 amide bonds. The second kappa shape index (κ2) is 13.4. The highest BCUT2D eigenvalue weighted by Gasteiger charge is 1.87. The summed E-state index contributed by atoms with van der Waals surface area (Å²) in [4.78, 5) is 4.05. The van der Waals surface area contributed by atoms with E-state index in [2.05, 4.69) is 24.1 Å². The third-order valence-corrected chi connectivity index (χ3v) is 3.14. The first-order valence-corrected chi connectivity index (χ1v) is 7.85. The fourth-order valence-electron chi connectivity index (χ4n) is 1.91. The Morgan fingerprint density at radius 2 is 1.47 bits per heavy atom. The summed E-state index contributed by atoms with van der Waals surface area (Å²) >= 11 is 0. The van der Waals surface area contributed by atoms with Crippen LogP contribution in [0.1, 0.15) is 70.9 Å². The average molecular weight is 264 g/mol. The molecule has 0 saturated heterocycles. The normalized spacial score (nSPS) is 9.68. The van der Waals surface area contributed by atoms with Crippen LogP contribution < -0.4 is 5.32 Å². The summed E-state index contributed by atoms with van der Waals surface area (Å²) in [6.07, 6.45) is 13.3. The average Bonchev–Trinajstić information content (AvgIpc) is 2.43. The lowest BCUT2D eigenvalue weighted by Gasteiger charge is -1.97. The Morgan fingerprint density at radius 3 is 1.84 bits per heavy atom. The summed E-state index contributed by atoms with van der Waals surface area (Å²) in [6, 6.07) is 3.94. The molecule has 0 aliphatic carbocycles. The van der Waals surface area contributed by atoms with Crippen LogP contribution in [0.4, 0.5) is 5.69 Å². The van der Waals surface area contributed by atoms with Crippen LogP contribution in [0.25, 0.3) is 0 Å². The molecule has 0 bridgehead atoms. The number of aromatic nitrogens is 1. The van der Waals surface area contributed by atoms with Gasteiger partial charge in [-0.25, -0.2) is 0 Å². The molecule has 2 heteroatoms. The summed E-state index contributed by atoms with van der Waals surface area (Å²) in [5.41, 5.74) is 2.16. The molecule has 0 aliphatic heterocycles. The first kappa shape index (κ1) is 17.9. The van der Waals surface area contributed by atoms with E-state index < -0.39 is 0 Å². The summed E-state index contributed by atoms with van der Waals surface area (Å²) in [7, 11) is 1.90. The highest BCUT2D eigenvalue weighted by molar-refractivity contribution is 5.41. The van der Waals surface area contributed by atoms with Gasteiger partial charge in [-0.05, 0) is 19.1 Å². The van der Waals surface area contributed by atoms with Crippen molar-refractivity contribution in [3.05, 3.63) is 24.0 Å². The van der Waals surface area contributed by atoms with E-state index in [1.165, 1.54) is 51.4 Å². The van der Waals surface area contributed by atoms with Gasteiger partial charge in [0.1, 0.15) is 0 Å². The van der Waals surface area contributed by atoms with Crippen molar-refractivity contribution in [3.63, 3.8) is 0 Å². The van der Waals surface area contributed by atoms with Crippen molar-refractivity contribution in [1.82, 2.24) is 4.98 Å². The minimum atomic E-state index is 1.04. The highest BCUT2D eigenvalue weighted by atomic mass is 14.8. The number of pyridine rings is 1. The van der Waals surface area contributed by atoms with E-state index in [0.717, 1.165) is 11.4 Å². The zero-order valence-electron chi connectivity index (χ0n) is 13.3. The number of unbranched alkanes of at least 4 members (excludes halogenated alkanes) is 7. The maximum Gasteiger partial charge on any atom is 0.0393 e. The number of nitrogens with one attached hydrogen (secondary N) is 1. The van der Waals surface area contributed by atoms with E-state index in [-0.39, 0.29) is 0 Å². The lowest BCUT2D eigenvalue weighted by atomic mass is 10.1. The van der Waals surface area contributed by atoms with E-state index in [1.54, 1.807) is 6.20 Å². The van der Waals surface area contributed by atoms with Gasteiger partial charge in [0.25, 0.3) is 0 Å². The quantitative estimate of drug-likeness (QED) is 0.620. The van der Waals surface area contributed by atoms with Gasteiger partial charge in [0.15, 0.2) is 0 Å². The highest BCUT2D eigenvalue weighted by Crippen LogP contribution is 2.07. The molecule has 1 N–H and O–H groups in total. The number of hydrogen-bond donors (Lipinski definition) is 1. The Balaban J connectivity index is 0.000000342. The predicted octanol–water partition coefficient (Wildman–Crippen LogP) is 5.58. The molecule has 1 heterocycles. The molecule has 1 rings (SSSR count). The van der Waals surface area contributed by atoms with Crippen molar-refractivity contribution in [1.29, 1.82) is 0 Å². The molecule has 0 spiro atoms. The molecule has 1 aromatic heterocycles. The number of aryl methyl sites for hydroxylation is 1. The Labute approximate surface area is 120 Å². The van der Waals surface area contributed by atoms with Crippen molar-refractivity contribution in [2.75, 3.05) is 12.4 Å². The molecule has 0 fully saturated rings. The van der Waals surface area contributed by atoms with Gasteiger partial charge in [0, 0.05) is 24.6 Å². The molecule has 0 atom stereocenters. The SMILES string of the molecule is CCCCCCCCCC.CNc1ccnc(C)c1. The van der Waals surface area contributed by atoms with Crippen molar-refractivity contribution < 1.29 is 0 Å². The second-order valence-corrected chi connectivity index (χ2v) is 5.06. The van der Waals surface area contributed by atoms with Crippen LogP contribution in [0.2, 0.25) is 0 Å². The predicted molar refractivity (Wildman–Crippen MR) is 86.8 cm³/mol. The molecule has 2 nitrogen and oxygen atoms in total. The van der Waals surface area contributed by atoms with E-state index in [4.69, 9.17) is 0 Å². The Bertz CT molecular complexity index is 289. The van der Waals surface area contributed by atoms with Crippen LogP contribution in [-0.4, -0.2) is 12.0 Å². The number of rotatable bonds is 8. The minimum absolute atomic E-state index is 1.04. The molecule has 0 aromatic carbocycles. The van der Waals surface area contributed by atoms with Gasteiger partial charge >= 0.3 is 0 Å². The van der Waals surface area contributed by atoms with E-state index in [1.807, 2.05) is 26.1 Å². The van der Waals surface area contributed by atoms with Crippen molar-refractivity contribution in [2.45, 2.75) is 72.1 Å². The monoisotopic (exact) mass is 264 g/mol. The maximum atomic E-state index is 4.05. The maximum absolute atomic E-state index is 4.05. The van der Waals surface area contributed by atoms with Gasteiger partial charge in [0.05, 0.1) is 0 Å². The zero-order valence-corrected chi connectivity index (χ0v) is 13.3. The van der Waals surface area contributed by atoms with Gasteiger partial charge in [-0.15, -0.1) is 0 Å². The number of hydrogen-bond acceptors (Lipinski definition) is 2. The zero-order chi connectivity index (χ0) is 14.3. The van der Waals surface area contributed by atoms with Gasteiger partial charge in [-0.3, -0.25) is 4.98 Å². The van der Waals surface area contributed by atoms with Gasteiger partial charge in [-0.2, -0.15) is 0 Å². The Kier molecular flexibility index (Phi) is 12.6. The molecule has 1 aromatic rings. The summed E-state index contributed by atoms with van der Waals surface area (Å²) in [6.45, 7) is 6.51. The van der Waals surface area contributed by atoms with E-state index in [9.17, 15) is 0 Å². The molecule has 0 unspecified atom stereocenters. The van der Waals surface area contributed by atoms with Gasteiger partial charge in [-0.1, -0.05) is 65.2 Å². The topological polar surface area (TPSA) is 24.9 Å². The largest absolute Gasteiger partial charge is 0.388 e.